The Balaban J connectivity index is 1.34. The van der Waals surface area contributed by atoms with Crippen molar-refractivity contribution in [3.63, 3.8) is 0 Å². The van der Waals surface area contributed by atoms with Gasteiger partial charge in [0, 0.05) is 12.6 Å². The fourth-order valence-corrected chi connectivity index (χ4v) is 4.30. The summed E-state index contributed by atoms with van der Waals surface area (Å²) in [6.07, 6.45) is 3.30. The number of carbonyl (C=O) groups is 3. The van der Waals surface area contributed by atoms with Crippen LogP contribution in [-0.2, 0) is 16.1 Å². The van der Waals surface area contributed by atoms with Gasteiger partial charge in [0.25, 0.3) is 11.8 Å². The van der Waals surface area contributed by atoms with Crippen molar-refractivity contribution in [1.82, 2.24) is 4.90 Å². The lowest BCUT2D eigenvalue weighted by molar-refractivity contribution is -0.135. The summed E-state index contributed by atoms with van der Waals surface area (Å²) in [4.78, 5) is 39.7. The average molecular weight is 469 g/mol. The van der Waals surface area contributed by atoms with Crippen LogP contribution in [-0.4, -0.2) is 42.4 Å². The second-order valence-electron chi connectivity index (χ2n) is 7.73. The molecular formula is C24H24N2O6S. The van der Waals surface area contributed by atoms with E-state index in [1.54, 1.807) is 37.1 Å². The zero-order valence-electron chi connectivity index (χ0n) is 18.3. The highest BCUT2D eigenvalue weighted by Gasteiger charge is 2.33. The largest absolute Gasteiger partial charge is 0.497 e. The van der Waals surface area contributed by atoms with E-state index in [1.807, 2.05) is 24.3 Å². The minimum absolute atomic E-state index is 0.171. The number of rotatable bonds is 9. The monoisotopic (exact) mass is 468 g/mol. The summed E-state index contributed by atoms with van der Waals surface area (Å²) >= 11 is 1.09. The number of ether oxygens (including phenoxy) is 2. The first-order chi connectivity index (χ1) is 15.9. The maximum absolute atomic E-state index is 12.8. The van der Waals surface area contributed by atoms with Crippen LogP contribution in [0.4, 0.5) is 5.00 Å². The van der Waals surface area contributed by atoms with Gasteiger partial charge in [-0.1, -0.05) is 12.1 Å². The van der Waals surface area contributed by atoms with Crippen molar-refractivity contribution >= 4 is 34.1 Å². The number of hydrogen-bond donors (Lipinski definition) is 1. The maximum Gasteiger partial charge on any atom is 0.349 e. The maximum atomic E-state index is 12.8. The number of benzene rings is 1. The lowest BCUT2D eigenvalue weighted by Gasteiger charge is -2.22. The van der Waals surface area contributed by atoms with Crippen molar-refractivity contribution in [2.45, 2.75) is 32.4 Å². The highest BCUT2D eigenvalue weighted by atomic mass is 32.1. The molecule has 0 spiro atoms. The number of methoxy groups -OCH3 is 1. The number of amides is 2. The Kier molecular flexibility index (Phi) is 6.79. The first-order valence-corrected chi connectivity index (χ1v) is 11.3. The molecule has 0 unspecified atom stereocenters. The lowest BCUT2D eigenvalue weighted by Crippen LogP contribution is -2.36. The molecule has 3 aromatic rings. The van der Waals surface area contributed by atoms with E-state index in [0.717, 1.165) is 35.5 Å². The fourth-order valence-electron chi connectivity index (χ4n) is 3.34. The quantitative estimate of drug-likeness (QED) is 0.471. The van der Waals surface area contributed by atoms with E-state index in [0.29, 0.717) is 22.0 Å². The molecule has 2 aromatic heterocycles. The van der Waals surface area contributed by atoms with E-state index in [1.165, 1.54) is 6.26 Å². The average Bonchev–Trinajstić information content (AvgIpc) is 3.36. The Bertz CT molecular complexity index is 1130. The van der Waals surface area contributed by atoms with Gasteiger partial charge in [-0.2, -0.15) is 0 Å². The van der Waals surface area contributed by atoms with Crippen LogP contribution < -0.4 is 10.1 Å². The second-order valence-corrected chi connectivity index (χ2v) is 8.78. The van der Waals surface area contributed by atoms with Gasteiger partial charge in [0.1, 0.15) is 10.6 Å². The third-order valence-electron chi connectivity index (χ3n) is 5.23. The van der Waals surface area contributed by atoms with E-state index in [-0.39, 0.29) is 24.3 Å². The molecule has 172 valence electrons. The molecular weight excluding hydrogens is 444 g/mol. The SMILES string of the molecule is COc1ccc(CN(C(=O)COC(=O)c2sc(NC(=O)c3ccco3)cc2C)C2CC2)cc1. The van der Waals surface area contributed by atoms with Crippen molar-refractivity contribution < 1.29 is 28.3 Å². The molecule has 0 saturated heterocycles. The number of aryl methyl sites for hydroxylation is 1. The van der Waals surface area contributed by atoms with Crippen molar-refractivity contribution in [2.24, 2.45) is 0 Å². The number of carbonyl (C=O) groups excluding carboxylic acids is 3. The first kappa shape index (κ1) is 22.6. The molecule has 8 nitrogen and oxygen atoms in total. The number of nitrogens with one attached hydrogen (secondary N) is 1. The van der Waals surface area contributed by atoms with Crippen molar-refractivity contribution in [3.8, 4) is 5.75 Å². The number of esters is 1. The third kappa shape index (κ3) is 5.61. The van der Waals surface area contributed by atoms with Gasteiger partial charge in [0.2, 0.25) is 0 Å². The first-order valence-electron chi connectivity index (χ1n) is 10.5. The van der Waals surface area contributed by atoms with Crippen LogP contribution in [0.3, 0.4) is 0 Å². The van der Waals surface area contributed by atoms with Crippen molar-refractivity contribution in [2.75, 3.05) is 19.0 Å². The molecule has 0 bridgehead atoms. The predicted octanol–water partition coefficient (Wildman–Crippen LogP) is 4.26. The highest BCUT2D eigenvalue weighted by molar-refractivity contribution is 7.18. The summed E-state index contributed by atoms with van der Waals surface area (Å²) in [5.41, 5.74) is 1.64. The zero-order valence-corrected chi connectivity index (χ0v) is 19.1. The van der Waals surface area contributed by atoms with Gasteiger partial charge < -0.3 is 24.1 Å². The van der Waals surface area contributed by atoms with Crippen LogP contribution in [0.1, 0.15) is 44.2 Å². The molecule has 0 atom stereocenters. The Morgan fingerprint density at radius 1 is 1.18 bits per heavy atom. The van der Waals surface area contributed by atoms with Crippen LogP contribution in [0.5, 0.6) is 5.75 Å². The van der Waals surface area contributed by atoms with Crippen molar-refractivity contribution in [1.29, 1.82) is 0 Å². The van der Waals surface area contributed by atoms with Gasteiger partial charge in [0.05, 0.1) is 18.4 Å². The van der Waals surface area contributed by atoms with Crippen LogP contribution in [0.25, 0.3) is 0 Å². The number of thiophene rings is 1. The number of hydrogen-bond acceptors (Lipinski definition) is 7. The summed E-state index contributed by atoms with van der Waals surface area (Å²) in [6, 6.07) is 12.6. The number of nitrogens with zero attached hydrogens (tertiary/aromatic N) is 1. The molecule has 33 heavy (non-hydrogen) atoms. The topological polar surface area (TPSA) is 98.1 Å². The van der Waals surface area contributed by atoms with Gasteiger partial charge in [0.15, 0.2) is 12.4 Å². The Hall–Kier alpha value is -3.59. The summed E-state index contributed by atoms with van der Waals surface area (Å²) in [5, 5.41) is 3.19. The van der Waals surface area contributed by atoms with E-state index in [2.05, 4.69) is 5.32 Å². The number of furan rings is 1. The molecule has 9 heteroatoms. The van der Waals surface area contributed by atoms with Gasteiger partial charge in [-0.3, -0.25) is 9.59 Å². The van der Waals surface area contributed by atoms with Gasteiger partial charge in [-0.05, 0) is 61.2 Å². The van der Waals surface area contributed by atoms with Crippen LogP contribution in [0, 0.1) is 6.92 Å². The summed E-state index contributed by atoms with van der Waals surface area (Å²) in [5.74, 6) is -0.308. The molecule has 1 aliphatic carbocycles. The molecule has 1 aromatic carbocycles. The minimum Gasteiger partial charge on any atom is -0.497 e. The van der Waals surface area contributed by atoms with Gasteiger partial charge >= 0.3 is 5.97 Å². The zero-order chi connectivity index (χ0) is 23.4. The van der Waals surface area contributed by atoms with E-state index in [9.17, 15) is 14.4 Å². The summed E-state index contributed by atoms with van der Waals surface area (Å²) in [7, 11) is 1.61. The van der Waals surface area contributed by atoms with E-state index in [4.69, 9.17) is 13.9 Å². The third-order valence-corrected chi connectivity index (χ3v) is 6.36. The van der Waals surface area contributed by atoms with Gasteiger partial charge in [-0.15, -0.1) is 11.3 Å². The molecule has 1 N–H and O–H groups in total. The molecule has 0 aliphatic heterocycles. The van der Waals surface area contributed by atoms with Gasteiger partial charge in [-0.25, -0.2) is 4.79 Å². The smallest absolute Gasteiger partial charge is 0.349 e. The van der Waals surface area contributed by atoms with Crippen LogP contribution >= 0.6 is 11.3 Å². The Morgan fingerprint density at radius 3 is 2.58 bits per heavy atom. The molecule has 1 aliphatic rings. The molecule has 1 saturated carbocycles. The van der Waals surface area contributed by atoms with Crippen molar-refractivity contribution in [3.05, 3.63) is 70.5 Å². The fraction of sp³-hybridized carbons (Fsp3) is 0.292. The number of anilines is 1. The Labute approximate surface area is 195 Å². The Morgan fingerprint density at radius 2 is 1.94 bits per heavy atom. The molecule has 2 heterocycles. The lowest BCUT2D eigenvalue weighted by atomic mass is 10.2. The normalized spacial score (nSPS) is 12.8. The molecule has 1 fully saturated rings. The predicted molar refractivity (Wildman–Crippen MR) is 123 cm³/mol. The standard InChI is InChI=1S/C24H24N2O6S/c1-15-12-20(25-23(28)19-4-3-11-31-19)33-22(15)24(29)32-14-21(27)26(17-7-8-17)13-16-5-9-18(30-2)10-6-16/h3-6,9-12,17H,7-8,13-14H2,1-2H3,(H,25,28). The summed E-state index contributed by atoms with van der Waals surface area (Å²) in [6.45, 7) is 1.86. The molecule has 0 radical (unpaired) electrons. The molecule has 4 rings (SSSR count). The van der Waals surface area contributed by atoms with Crippen LogP contribution in [0.2, 0.25) is 0 Å². The summed E-state index contributed by atoms with van der Waals surface area (Å²) < 4.78 is 15.6. The molecule has 2 amide bonds. The highest BCUT2D eigenvalue weighted by Crippen LogP contribution is 2.30. The minimum atomic E-state index is -0.593. The second kappa shape index (κ2) is 9.91. The van der Waals surface area contributed by atoms with E-state index < -0.39 is 11.9 Å². The van der Waals surface area contributed by atoms with E-state index >= 15 is 0 Å². The van der Waals surface area contributed by atoms with Crippen LogP contribution in [0.15, 0.2) is 53.1 Å².